The summed E-state index contributed by atoms with van der Waals surface area (Å²) in [6.07, 6.45) is -8.23. The van der Waals surface area contributed by atoms with E-state index >= 15 is 0 Å². The molecule has 4 rings (SSSR count). The lowest BCUT2D eigenvalue weighted by molar-refractivity contribution is -0.391. The maximum atomic E-state index is 13.5. The lowest BCUT2D eigenvalue weighted by Gasteiger charge is -2.31. The molecule has 1 aliphatic rings. The summed E-state index contributed by atoms with van der Waals surface area (Å²) in [4.78, 5) is 17.0. The molecule has 30 heavy (non-hydrogen) atoms. The predicted molar refractivity (Wildman–Crippen MR) is 97.1 cm³/mol. The van der Waals surface area contributed by atoms with Gasteiger partial charge in [0.25, 0.3) is 5.91 Å². The Kier molecular flexibility index (Phi) is 4.86. The van der Waals surface area contributed by atoms with Crippen molar-refractivity contribution < 1.29 is 36.9 Å². The molecule has 2 heterocycles. The van der Waals surface area contributed by atoms with Gasteiger partial charge in [-0.1, -0.05) is 29.5 Å². The number of carbonyl (C=O) groups is 1. The number of hydrogen-bond donors (Lipinski definition) is 1. The molecule has 0 saturated carbocycles. The zero-order valence-electron chi connectivity index (χ0n) is 14.9. The van der Waals surface area contributed by atoms with E-state index in [1.165, 1.54) is 16.8 Å². The third-order valence-corrected chi connectivity index (χ3v) is 5.06. The maximum absolute atomic E-state index is 13.5. The molecular weight excluding hydrogens is 428 g/mol. The lowest BCUT2D eigenvalue weighted by atomic mass is 10.2. The van der Waals surface area contributed by atoms with Gasteiger partial charge in [-0.25, -0.2) is 0 Å². The van der Waals surface area contributed by atoms with E-state index in [9.17, 15) is 27.5 Å². The van der Waals surface area contributed by atoms with Gasteiger partial charge in [-0.3, -0.25) is 9.36 Å². The number of thiazole rings is 1. The average molecular weight is 440 g/mol. The van der Waals surface area contributed by atoms with Crippen molar-refractivity contribution in [2.45, 2.75) is 18.8 Å². The molecule has 2 aromatic carbocycles. The molecule has 0 radical (unpaired) electrons. The summed E-state index contributed by atoms with van der Waals surface area (Å²) in [5.41, 5.74) is 0.515. The normalized spacial score (nSPS) is 17.0. The van der Waals surface area contributed by atoms with Gasteiger partial charge in [-0.05, 0) is 24.3 Å². The molecule has 0 spiro atoms. The molecule has 1 amide bonds. The van der Waals surface area contributed by atoms with Crippen molar-refractivity contribution >= 4 is 17.2 Å². The van der Waals surface area contributed by atoms with Crippen LogP contribution in [0.5, 0.6) is 11.5 Å². The second-order valence-corrected chi connectivity index (χ2v) is 7.25. The number of halogens is 4. The van der Waals surface area contributed by atoms with E-state index in [2.05, 4.69) is 14.5 Å². The van der Waals surface area contributed by atoms with Crippen LogP contribution in [0.3, 0.4) is 0 Å². The molecule has 0 saturated heterocycles. The number of fused-ring (bicyclic) bond motifs is 1. The van der Waals surface area contributed by atoms with Crippen LogP contribution in [0.25, 0.3) is 5.69 Å². The van der Waals surface area contributed by atoms with E-state index in [0.29, 0.717) is 10.4 Å². The van der Waals surface area contributed by atoms with Crippen molar-refractivity contribution in [3.05, 3.63) is 70.0 Å². The van der Waals surface area contributed by atoms with Crippen molar-refractivity contribution in [2.24, 2.45) is 4.99 Å². The van der Waals surface area contributed by atoms with E-state index in [4.69, 9.17) is 0 Å². The molecule has 156 valence electrons. The van der Waals surface area contributed by atoms with E-state index in [1.807, 2.05) is 0 Å². The maximum Gasteiger partial charge on any atom is 0.507 e. The number of nitrogens with zero attached hydrogens (tertiary/aromatic N) is 2. The Morgan fingerprint density at radius 1 is 1.03 bits per heavy atom. The van der Waals surface area contributed by atoms with Crippen molar-refractivity contribution in [2.75, 3.05) is 0 Å². The van der Waals surface area contributed by atoms with Crippen molar-refractivity contribution in [3.63, 3.8) is 0 Å². The molecular formula is C19H12F4N2O4S. The number of carbonyl (C=O) groups excluding carboxylic acids is 1. The summed E-state index contributed by atoms with van der Waals surface area (Å²) in [5, 5.41) is 9.44. The Morgan fingerprint density at radius 3 is 2.37 bits per heavy atom. The van der Waals surface area contributed by atoms with E-state index in [1.54, 1.807) is 30.3 Å². The number of ether oxygens (including phenoxy) is 2. The van der Waals surface area contributed by atoms with Gasteiger partial charge in [-0.2, -0.15) is 22.6 Å². The van der Waals surface area contributed by atoms with Crippen LogP contribution in [0, 0.1) is 0 Å². The van der Waals surface area contributed by atoms with E-state index in [-0.39, 0.29) is 17.1 Å². The fourth-order valence-corrected chi connectivity index (χ4v) is 3.51. The molecule has 1 N–H and O–H groups in total. The predicted octanol–water partition coefficient (Wildman–Crippen LogP) is 3.73. The molecule has 0 atom stereocenters. The minimum Gasteiger partial charge on any atom is -0.421 e. The molecule has 0 aliphatic carbocycles. The smallest absolute Gasteiger partial charge is 0.421 e. The first-order chi connectivity index (χ1) is 14.2. The third kappa shape index (κ3) is 3.57. The van der Waals surface area contributed by atoms with Gasteiger partial charge in [0.1, 0.15) is 0 Å². The monoisotopic (exact) mass is 440 g/mol. The SMILES string of the molecule is O=C(/N=c1\sc(CO)cn1-c1ccc2c(c1)OC(F)(F)C(F)(F)O2)c1ccccc1. The lowest BCUT2D eigenvalue weighted by Crippen LogP contribution is -2.52. The zero-order valence-corrected chi connectivity index (χ0v) is 15.7. The molecule has 0 bridgehead atoms. The molecule has 0 fully saturated rings. The van der Waals surface area contributed by atoms with Crippen LogP contribution in [0.4, 0.5) is 17.6 Å². The van der Waals surface area contributed by atoms with Crippen LogP contribution in [0.15, 0.2) is 59.7 Å². The summed E-state index contributed by atoms with van der Waals surface area (Å²) in [6, 6.07) is 11.6. The number of alkyl halides is 4. The highest BCUT2D eigenvalue weighted by molar-refractivity contribution is 7.09. The molecule has 11 heteroatoms. The topological polar surface area (TPSA) is 73.0 Å². The Morgan fingerprint density at radius 2 is 1.70 bits per heavy atom. The Labute approximate surface area is 170 Å². The van der Waals surface area contributed by atoms with Crippen LogP contribution < -0.4 is 14.3 Å². The Balaban J connectivity index is 1.78. The summed E-state index contributed by atoms with van der Waals surface area (Å²) in [7, 11) is 0. The van der Waals surface area contributed by atoms with Crippen molar-refractivity contribution in [3.8, 4) is 17.2 Å². The van der Waals surface area contributed by atoms with Gasteiger partial charge in [0, 0.05) is 17.8 Å². The first kappa shape index (κ1) is 20.1. The van der Waals surface area contributed by atoms with Crippen molar-refractivity contribution in [1.82, 2.24) is 4.57 Å². The van der Waals surface area contributed by atoms with Crippen LogP contribution in [-0.4, -0.2) is 27.8 Å². The molecule has 1 aromatic heterocycles. The zero-order chi connectivity index (χ0) is 21.5. The first-order valence-electron chi connectivity index (χ1n) is 8.44. The number of rotatable bonds is 3. The van der Waals surface area contributed by atoms with Gasteiger partial charge >= 0.3 is 12.2 Å². The van der Waals surface area contributed by atoms with Gasteiger partial charge in [0.15, 0.2) is 16.3 Å². The highest BCUT2D eigenvalue weighted by Gasteiger charge is 2.65. The standard InChI is InChI=1S/C19H12F4N2O4S/c20-18(21)19(22,23)29-15-8-12(6-7-14(15)28-18)25-9-13(10-26)30-17(25)24-16(27)11-4-2-1-3-5-11/h1-9,26H,10H2/b24-17-. The molecule has 1 aliphatic heterocycles. The Bertz CT molecular complexity index is 1170. The van der Waals surface area contributed by atoms with E-state index < -0.39 is 29.6 Å². The number of aliphatic hydroxyl groups excluding tert-OH is 1. The number of aromatic nitrogens is 1. The first-order valence-corrected chi connectivity index (χ1v) is 9.26. The minimum atomic E-state index is -4.86. The highest BCUT2D eigenvalue weighted by Crippen LogP contribution is 2.47. The van der Waals surface area contributed by atoms with Crippen LogP contribution in [-0.2, 0) is 6.61 Å². The second kappa shape index (κ2) is 7.26. The van der Waals surface area contributed by atoms with Gasteiger partial charge in [0.05, 0.1) is 17.2 Å². The molecule has 0 unspecified atom stereocenters. The average Bonchev–Trinajstić information content (AvgIpc) is 3.11. The Hall–Kier alpha value is -3.18. The van der Waals surface area contributed by atoms with Gasteiger partial charge < -0.3 is 14.6 Å². The molecule has 6 nitrogen and oxygen atoms in total. The second-order valence-electron chi connectivity index (χ2n) is 6.16. The largest absolute Gasteiger partial charge is 0.507 e. The van der Waals surface area contributed by atoms with Crippen LogP contribution >= 0.6 is 11.3 Å². The summed E-state index contributed by atoms with van der Waals surface area (Å²) < 4.78 is 63.2. The number of amides is 1. The fraction of sp³-hybridized carbons (Fsp3) is 0.158. The van der Waals surface area contributed by atoms with Crippen LogP contribution in [0.2, 0.25) is 0 Å². The summed E-state index contributed by atoms with van der Waals surface area (Å²) >= 11 is 1.000. The third-order valence-electron chi connectivity index (χ3n) is 4.10. The summed E-state index contributed by atoms with van der Waals surface area (Å²) in [6.45, 7) is -0.353. The number of benzene rings is 2. The highest BCUT2D eigenvalue weighted by atomic mass is 32.1. The van der Waals surface area contributed by atoms with Gasteiger partial charge in [0.2, 0.25) is 0 Å². The number of aliphatic hydroxyl groups is 1. The van der Waals surface area contributed by atoms with Gasteiger partial charge in [-0.15, -0.1) is 0 Å². The van der Waals surface area contributed by atoms with Crippen LogP contribution in [0.1, 0.15) is 15.2 Å². The summed E-state index contributed by atoms with van der Waals surface area (Å²) in [5.74, 6) is -1.72. The number of hydrogen-bond acceptors (Lipinski definition) is 5. The quantitative estimate of drug-likeness (QED) is 0.630. The fourth-order valence-electron chi connectivity index (χ4n) is 2.66. The minimum absolute atomic E-state index is 0.140. The van der Waals surface area contributed by atoms with E-state index in [0.717, 1.165) is 23.5 Å². The van der Waals surface area contributed by atoms with Crippen molar-refractivity contribution in [1.29, 1.82) is 0 Å². The molecule has 3 aromatic rings.